The summed E-state index contributed by atoms with van der Waals surface area (Å²) in [7, 11) is 0. The van der Waals surface area contributed by atoms with E-state index in [2.05, 4.69) is 0 Å². The Morgan fingerprint density at radius 2 is 0.652 bits per heavy atom. The second-order valence-electron chi connectivity index (χ2n) is 13.2. The molecule has 8 nitrogen and oxygen atoms in total. The first kappa shape index (κ1) is 37.5. The van der Waals surface area contributed by atoms with Gasteiger partial charge in [0.15, 0.2) is 23.1 Å². The van der Waals surface area contributed by atoms with Crippen LogP contribution in [0.4, 0.5) is 0 Å². The van der Waals surface area contributed by atoms with Crippen LogP contribution in [-0.4, -0.2) is 97.0 Å². The van der Waals surface area contributed by atoms with Gasteiger partial charge in [-0.15, -0.1) is 47.0 Å². The molecule has 0 aromatic rings. The molecule has 0 aromatic heterocycles. The van der Waals surface area contributed by atoms with Gasteiger partial charge in [-0.25, -0.2) is 0 Å². The first-order valence-corrected chi connectivity index (χ1v) is 22.6. The van der Waals surface area contributed by atoms with Gasteiger partial charge in [-0.2, -0.15) is 0 Å². The predicted molar refractivity (Wildman–Crippen MR) is 201 cm³/mol. The second-order valence-corrected chi connectivity index (χ2v) is 22.9. The molecule has 4 saturated heterocycles. The molecule has 0 bridgehead atoms. The SMILES string of the molecule is CC1(C)OC[C@H](CSC2=C(SC[C@H]3COC(C)(C)O3)SC(=C3SC(SC[C@H]4COC(C)(C)O4)=C(SC[C@H]4COC(C)(C)O4)S3)S2)O1. The smallest absolute Gasteiger partial charge is 0.163 e. The summed E-state index contributed by atoms with van der Waals surface area (Å²) in [6.45, 7) is 18.4. The molecular weight excluding hydrogens is 745 g/mol. The van der Waals surface area contributed by atoms with Crippen LogP contribution in [0, 0.1) is 0 Å². The Morgan fingerprint density at radius 1 is 0.435 bits per heavy atom. The Kier molecular flexibility index (Phi) is 12.5. The van der Waals surface area contributed by atoms with Crippen molar-refractivity contribution in [1.82, 2.24) is 0 Å². The lowest BCUT2D eigenvalue weighted by atomic mass is 10.4. The van der Waals surface area contributed by atoms with Crippen LogP contribution in [0.25, 0.3) is 0 Å². The van der Waals surface area contributed by atoms with Crippen molar-refractivity contribution < 1.29 is 37.9 Å². The van der Waals surface area contributed by atoms with Gasteiger partial charge in [0.1, 0.15) is 0 Å². The molecule has 0 spiro atoms. The van der Waals surface area contributed by atoms with Crippen molar-refractivity contribution in [2.24, 2.45) is 0 Å². The van der Waals surface area contributed by atoms with Gasteiger partial charge in [-0.1, -0.05) is 47.0 Å². The zero-order valence-electron chi connectivity index (χ0n) is 27.5. The normalized spacial score (nSPS) is 33.4. The van der Waals surface area contributed by atoms with Gasteiger partial charge < -0.3 is 37.9 Å². The minimum atomic E-state index is -0.518. The van der Waals surface area contributed by atoms with E-state index in [1.165, 1.54) is 25.4 Å². The molecular formula is C30H44O8S8. The third-order valence-corrected chi connectivity index (χ3v) is 19.2. The van der Waals surface area contributed by atoms with Crippen LogP contribution in [0.5, 0.6) is 0 Å². The quantitative estimate of drug-likeness (QED) is 0.189. The Hall–Kier alpha value is 1.70. The van der Waals surface area contributed by atoms with E-state index in [-0.39, 0.29) is 24.4 Å². The topological polar surface area (TPSA) is 73.8 Å². The third kappa shape index (κ3) is 10.4. The predicted octanol–water partition coefficient (Wildman–Crippen LogP) is 8.87. The fourth-order valence-corrected chi connectivity index (χ4v) is 17.1. The maximum atomic E-state index is 6.13. The molecule has 0 aliphatic carbocycles. The molecule has 0 unspecified atom stereocenters. The van der Waals surface area contributed by atoms with Crippen LogP contribution < -0.4 is 0 Å². The molecule has 0 saturated carbocycles. The fraction of sp³-hybridized carbons (Fsp3) is 0.800. The van der Waals surface area contributed by atoms with Crippen molar-refractivity contribution in [3.8, 4) is 0 Å². The molecule has 6 aliphatic rings. The van der Waals surface area contributed by atoms with Crippen molar-refractivity contribution in [3.63, 3.8) is 0 Å². The Morgan fingerprint density at radius 3 is 0.826 bits per heavy atom. The standard InChI is InChI=1S/C30H44O8S8/c1-27(2)31-9-17(35-27)13-39-21-22(40-14-18-10-32-28(3,4)36-18)44-25(43-21)26-45-23(41-15-19-11-33-29(5,6)37-19)24(46-26)42-16-20-12-34-30(7,8)38-20/h17-20H,9-16H2,1-8H3/t17-,18-,19-,20-/m1/s1. The van der Waals surface area contributed by atoms with E-state index in [1.807, 2.05) is 149 Å². The summed E-state index contributed by atoms with van der Waals surface area (Å²) in [5.41, 5.74) is 0. The molecule has 6 aliphatic heterocycles. The lowest BCUT2D eigenvalue weighted by Crippen LogP contribution is -2.22. The van der Waals surface area contributed by atoms with Crippen molar-refractivity contribution in [2.75, 3.05) is 49.4 Å². The van der Waals surface area contributed by atoms with Crippen LogP contribution >= 0.6 is 94.1 Å². The van der Waals surface area contributed by atoms with E-state index in [1.54, 1.807) is 0 Å². The summed E-state index contributed by atoms with van der Waals surface area (Å²) in [4.78, 5) is 0. The molecule has 6 rings (SSSR count). The summed E-state index contributed by atoms with van der Waals surface area (Å²) in [6, 6.07) is 0. The summed E-state index contributed by atoms with van der Waals surface area (Å²) in [5.74, 6) is 1.36. The minimum Gasteiger partial charge on any atom is -0.348 e. The molecule has 260 valence electrons. The minimum absolute atomic E-state index is 0.0786. The second kappa shape index (κ2) is 15.4. The average molecular weight is 789 g/mol. The van der Waals surface area contributed by atoms with Gasteiger partial charge in [-0.3, -0.25) is 0 Å². The van der Waals surface area contributed by atoms with E-state index in [4.69, 9.17) is 37.9 Å². The lowest BCUT2D eigenvalue weighted by molar-refractivity contribution is -0.136. The summed E-state index contributed by atoms with van der Waals surface area (Å²) in [6.07, 6.45) is 0.314. The Bertz CT molecular complexity index is 1060. The number of rotatable bonds is 12. The van der Waals surface area contributed by atoms with Gasteiger partial charge in [-0.05, 0) is 55.4 Å². The van der Waals surface area contributed by atoms with Crippen molar-refractivity contribution in [2.45, 2.75) is 103 Å². The van der Waals surface area contributed by atoms with Crippen LogP contribution in [0.3, 0.4) is 0 Å². The van der Waals surface area contributed by atoms with E-state index >= 15 is 0 Å². The summed E-state index contributed by atoms with van der Waals surface area (Å²) >= 11 is 15.1. The van der Waals surface area contributed by atoms with E-state index in [9.17, 15) is 0 Å². The van der Waals surface area contributed by atoms with Gasteiger partial charge >= 0.3 is 0 Å². The first-order chi connectivity index (χ1) is 21.6. The van der Waals surface area contributed by atoms with E-state index in [0.717, 1.165) is 23.0 Å². The highest BCUT2D eigenvalue weighted by Gasteiger charge is 2.39. The zero-order valence-corrected chi connectivity index (χ0v) is 34.0. The van der Waals surface area contributed by atoms with Crippen molar-refractivity contribution in [3.05, 3.63) is 25.4 Å². The maximum absolute atomic E-state index is 6.13. The molecule has 0 amide bonds. The van der Waals surface area contributed by atoms with Gasteiger partial charge in [0.25, 0.3) is 0 Å². The number of ether oxygens (including phenoxy) is 8. The molecule has 46 heavy (non-hydrogen) atoms. The molecule has 0 N–H and O–H groups in total. The maximum Gasteiger partial charge on any atom is 0.163 e. The molecule has 16 heteroatoms. The third-order valence-electron chi connectivity index (χ3n) is 7.11. The lowest BCUT2D eigenvalue weighted by Gasteiger charge is -2.17. The average Bonchev–Trinajstić information content (AvgIpc) is 3.80. The number of hydrogen-bond donors (Lipinski definition) is 0. The van der Waals surface area contributed by atoms with Crippen LogP contribution in [0.15, 0.2) is 25.4 Å². The molecule has 6 heterocycles. The van der Waals surface area contributed by atoms with Crippen molar-refractivity contribution in [1.29, 1.82) is 0 Å². The molecule has 4 atom stereocenters. The molecule has 4 fully saturated rings. The largest absolute Gasteiger partial charge is 0.348 e. The van der Waals surface area contributed by atoms with Gasteiger partial charge in [0.2, 0.25) is 0 Å². The monoisotopic (exact) mass is 788 g/mol. The van der Waals surface area contributed by atoms with Crippen LogP contribution in [0.1, 0.15) is 55.4 Å². The van der Waals surface area contributed by atoms with E-state index in [0.29, 0.717) is 26.4 Å². The van der Waals surface area contributed by atoms with Gasteiger partial charge in [0.05, 0.1) is 76.3 Å². The van der Waals surface area contributed by atoms with Crippen LogP contribution in [-0.2, 0) is 37.9 Å². The Balaban J connectivity index is 1.13. The number of thioether (sulfide) groups is 8. The summed E-state index contributed by atoms with van der Waals surface area (Å²) < 4.78 is 55.9. The summed E-state index contributed by atoms with van der Waals surface area (Å²) in [5, 5.41) is 0. The van der Waals surface area contributed by atoms with E-state index < -0.39 is 23.1 Å². The Labute approximate surface area is 307 Å². The highest BCUT2D eigenvalue weighted by molar-refractivity contribution is 8.45. The van der Waals surface area contributed by atoms with Crippen LogP contribution in [0.2, 0.25) is 0 Å². The molecule has 0 radical (unpaired) electrons. The zero-order chi connectivity index (χ0) is 32.7. The fourth-order valence-electron chi connectivity index (χ4n) is 5.12. The highest BCUT2D eigenvalue weighted by atomic mass is 32.3. The molecule has 0 aromatic carbocycles. The highest BCUT2D eigenvalue weighted by Crippen LogP contribution is 2.66. The first-order valence-electron chi connectivity index (χ1n) is 15.4. The van der Waals surface area contributed by atoms with Crippen molar-refractivity contribution >= 4 is 94.1 Å². The van der Waals surface area contributed by atoms with Gasteiger partial charge in [0, 0.05) is 23.0 Å². The number of hydrogen-bond acceptors (Lipinski definition) is 16.